The van der Waals surface area contributed by atoms with Gasteiger partial charge in [-0.05, 0) is 144 Å². The van der Waals surface area contributed by atoms with E-state index in [0.717, 1.165) is 109 Å². The third-order valence-corrected chi connectivity index (χ3v) is 38.3. The highest BCUT2D eigenvalue weighted by Gasteiger charge is 2.53. The zero-order valence-corrected chi connectivity index (χ0v) is 86.5. The molecule has 724 valence electrons. The molecule has 0 radical (unpaired) electrons. The summed E-state index contributed by atoms with van der Waals surface area (Å²) in [6.45, 7) is 40.1. The second-order valence-electron chi connectivity index (χ2n) is 39.1. The SMILES string of the molecule is CCCN(C(=O)[C@@H](CC(=O)[C@H]1CCCCN1C)[C@@H](C)CC)[C@H](C[C@@H](OC(C)=O)c1nc(C(=O)N[C@H](CO[Si](c2ccccc2)(c2ccccc2)C(C)(C)C)Cc2ccccc2)cs1)C(C)C.CCCN(C(=O)[C@@H](N)[C@@H](C)CC)[C@H](C[C@@H](OC(C)=O)c1nc(C(=O)N[C@H](CO[Si](c2ccccc2)(c2ccccc2)C(C)(C)C)Cc2ccccc2)cs1)C(C)C.CN1CCCCC1C(=O)O. The quantitative estimate of drug-likeness (QED) is 0.0204. The number of ether oxygens (including phenoxy) is 2. The van der Waals surface area contributed by atoms with Crippen molar-refractivity contribution >= 4 is 107 Å². The van der Waals surface area contributed by atoms with Gasteiger partial charge in [0, 0.05) is 75.0 Å². The lowest BCUT2D eigenvalue weighted by atomic mass is 9.82. The molecule has 0 bridgehead atoms. The third-order valence-electron chi connectivity index (χ3n) is 26.4. The molecule has 2 aromatic heterocycles. The van der Waals surface area contributed by atoms with Crippen LogP contribution >= 0.6 is 22.7 Å². The number of carboxylic acid groups (broad SMARTS) is 1. The van der Waals surface area contributed by atoms with E-state index in [4.69, 9.17) is 39.1 Å². The molecule has 22 nitrogen and oxygen atoms in total. The number of hydrogen-bond donors (Lipinski definition) is 4. The van der Waals surface area contributed by atoms with E-state index in [1.165, 1.54) is 36.5 Å². The van der Waals surface area contributed by atoms with Crippen molar-refractivity contribution in [3.8, 4) is 0 Å². The summed E-state index contributed by atoms with van der Waals surface area (Å²) in [7, 11) is -1.95. The van der Waals surface area contributed by atoms with E-state index in [2.05, 4.69) is 227 Å². The molecule has 8 aromatic rings. The smallest absolute Gasteiger partial charge is 0.320 e. The lowest BCUT2D eigenvalue weighted by Crippen LogP contribution is -2.67. The number of esters is 2. The summed E-state index contributed by atoms with van der Waals surface area (Å²) in [6.07, 6.45) is 9.34. The van der Waals surface area contributed by atoms with Crippen LogP contribution in [0.1, 0.15) is 262 Å². The number of piperidine rings is 2. The molecule has 0 saturated carbocycles. The highest BCUT2D eigenvalue weighted by atomic mass is 32.1. The number of hydrogen-bond acceptors (Lipinski definition) is 19. The second-order valence-corrected chi connectivity index (χ2v) is 49.5. The molecule has 0 spiro atoms. The molecule has 5 N–H and O–H groups in total. The number of nitrogens with two attached hydrogens (primary N) is 1. The normalized spacial score (nSPS) is 16.9. The third kappa shape index (κ3) is 30.4. The minimum absolute atomic E-state index is 0.00617. The van der Waals surface area contributed by atoms with Crippen molar-refractivity contribution in [2.24, 2.45) is 35.3 Å². The number of rotatable bonds is 44. The van der Waals surface area contributed by atoms with E-state index in [1.807, 2.05) is 110 Å². The maximum absolute atomic E-state index is 14.9. The molecule has 4 heterocycles. The predicted molar refractivity (Wildman–Crippen MR) is 542 cm³/mol. The first-order chi connectivity index (χ1) is 63.3. The van der Waals surface area contributed by atoms with Crippen LogP contribution in [0.3, 0.4) is 0 Å². The molecule has 1 unspecified atom stereocenters. The molecule has 26 heteroatoms. The number of carboxylic acids is 1. The Balaban J connectivity index is 0.000000298. The fourth-order valence-corrected chi connectivity index (χ4v) is 29.6. The van der Waals surface area contributed by atoms with Crippen molar-refractivity contribution in [3.05, 3.63) is 225 Å². The van der Waals surface area contributed by atoms with Crippen molar-refractivity contribution in [1.82, 2.24) is 40.2 Å². The van der Waals surface area contributed by atoms with E-state index in [-0.39, 0.29) is 124 Å². The fourth-order valence-electron chi connectivity index (χ4n) is 18.7. The number of aromatic nitrogens is 2. The number of carbonyl (C=O) groups excluding carboxylic acids is 7. The Hall–Kier alpha value is -9.23. The van der Waals surface area contributed by atoms with Gasteiger partial charge in [0.25, 0.3) is 28.4 Å². The Morgan fingerprint density at radius 1 is 0.496 bits per heavy atom. The number of Topliss-reactive ketones (excluding diaryl/α,β-unsaturated/α-hetero) is 1. The summed E-state index contributed by atoms with van der Waals surface area (Å²) in [6, 6.07) is 59.7. The van der Waals surface area contributed by atoms with Crippen molar-refractivity contribution in [2.45, 2.75) is 286 Å². The molecule has 2 fully saturated rings. The molecular formula is C107H153N9O13S2Si2. The summed E-state index contributed by atoms with van der Waals surface area (Å²) < 4.78 is 26.6. The summed E-state index contributed by atoms with van der Waals surface area (Å²) in [5, 5.41) is 23.8. The van der Waals surface area contributed by atoms with Crippen molar-refractivity contribution < 1.29 is 61.8 Å². The summed E-state index contributed by atoms with van der Waals surface area (Å²) in [5.41, 5.74) is 9.07. The lowest BCUT2D eigenvalue weighted by Gasteiger charge is -2.43. The van der Waals surface area contributed by atoms with Crippen LogP contribution in [0.15, 0.2) is 193 Å². The summed E-state index contributed by atoms with van der Waals surface area (Å²) >= 11 is 2.55. The number of thiazole rings is 2. The molecule has 133 heavy (non-hydrogen) atoms. The van der Waals surface area contributed by atoms with Crippen LogP contribution in [0.5, 0.6) is 0 Å². The number of benzene rings is 6. The monoisotopic (exact) mass is 1890 g/mol. The number of ketones is 1. The van der Waals surface area contributed by atoms with Gasteiger partial charge in [-0.2, -0.15) is 0 Å². The highest BCUT2D eigenvalue weighted by Crippen LogP contribution is 2.41. The van der Waals surface area contributed by atoms with Crippen LogP contribution in [0.25, 0.3) is 0 Å². The van der Waals surface area contributed by atoms with Gasteiger partial charge in [-0.25, -0.2) is 9.97 Å². The number of likely N-dealkylation sites (tertiary alicyclic amines) is 2. The van der Waals surface area contributed by atoms with Gasteiger partial charge in [0.05, 0.1) is 37.4 Å². The average molecular weight is 1890 g/mol. The van der Waals surface area contributed by atoms with Crippen molar-refractivity contribution in [1.29, 1.82) is 0 Å². The minimum atomic E-state index is -2.93. The van der Waals surface area contributed by atoms with Crippen molar-refractivity contribution in [2.75, 3.05) is 53.5 Å². The van der Waals surface area contributed by atoms with Gasteiger partial charge < -0.3 is 49.6 Å². The van der Waals surface area contributed by atoms with Gasteiger partial charge >= 0.3 is 17.9 Å². The summed E-state index contributed by atoms with van der Waals surface area (Å²) in [5.74, 6) is -2.68. The van der Waals surface area contributed by atoms with Gasteiger partial charge in [-0.15, -0.1) is 22.7 Å². The molecule has 2 aliphatic heterocycles. The van der Waals surface area contributed by atoms with Gasteiger partial charge in [0.1, 0.15) is 27.4 Å². The van der Waals surface area contributed by atoms with E-state index >= 15 is 0 Å². The zero-order chi connectivity index (χ0) is 97.3. The molecule has 10 rings (SSSR count). The lowest BCUT2D eigenvalue weighted by molar-refractivity contribution is -0.151. The van der Waals surface area contributed by atoms with Crippen LogP contribution in [-0.2, 0) is 59.9 Å². The average Bonchev–Trinajstić information content (AvgIpc) is 1.09. The maximum Gasteiger partial charge on any atom is 0.320 e. The Morgan fingerprint density at radius 3 is 1.14 bits per heavy atom. The van der Waals surface area contributed by atoms with E-state index in [1.54, 1.807) is 10.8 Å². The van der Waals surface area contributed by atoms with E-state index < -0.39 is 64.8 Å². The maximum atomic E-state index is 14.9. The molecule has 0 aliphatic carbocycles. The molecule has 4 amide bonds. The molecule has 6 aromatic carbocycles. The number of aliphatic carboxylic acids is 1. The fraction of sp³-hybridized carbons (Fsp3) is 0.533. The number of nitrogens with one attached hydrogen (secondary N) is 2. The van der Waals surface area contributed by atoms with Crippen LogP contribution in [-0.4, -0.2) is 194 Å². The molecule has 2 saturated heterocycles. The van der Waals surface area contributed by atoms with Crippen molar-refractivity contribution in [3.63, 3.8) is 0 Å². The first-order valence-electron chi connectivity index (χ1n) is 48.3. The first kappa shape index (κ1) is 109. The van der Waals surface area contributed by atoms with Gasteiger partial charge in [0.2, 0.25) is 11.8 Å². The van der Waals surface area contributed by atoms with E-state index in [0.29, 0.717) is 48.8 Å². The van der Waals surface area contributed by atoms with Crippen LogP contribution in [0.4, 0.5) is 0 Å². The minimum Gasteiger partial charge on any atom is -0.480 e. The Labute approximate surface area is 803 Å². The number of amides is 4. The Bertz CT molecular complexity index is 4810. The number of carbonyl (C=O) groups is 8. The Morgan fingerprint density at radius 2 is 0.835 bits per heavy atom. The predicted octanol–water partition coefficient (Wildman–Crippen LogP) is 17.7. The highest BCUT2D eigenvalue weighted by molar-refractivity contribution is 7.10. The van der Waals surface area contributed by atoms with Gasteiger partial charge in [0.15, 0.2) is 18.0 Å². The van der Waals surface area contributed by atoms with Gasteiger partial charge in [-0.3, -0.25) is 48.2 Å². The van der Waals surface area contributed by atoms with Crippen LogP contribution in [0.2, 0.25) is 10.1 Å². The van der Waals surface area contributed by atoms with Crippen LogP contribution in [0, 0.1) is 29.6 Å². The first-order valence-corrected chi connectivity index (χ1v) is 53.9. The number of likely N-dealkylation sites (N-methyl/N-ethyl adjacent to an activating group) is 2. The van der Waals surface area contributed by atoms with E-state index in [9.17, 15) is 38.4 Å². The topological polar surface area (TPSA) is 283 Å². The number of nitrogens with zero attached hydrogens (tertiary/aromatic N) is 6. The standard InChI is InChI=1S/C54H76N4O6SSi.C46H64N4O5SSi.C7H13NO2/c1-11-31-58(53(62)45(39(5)12-2)34-49(60)47-30-22-23-32-57(47)10)48(38(3)4)35-50(64-40(6)59)52-56-46(37-65-52)51(61)55-42(33-41-24-16-13-17-25-41)36-63-66(54(7,8)9,43-26-18-14-19-27-43)44-28-20-15-21-29-44;1-10-27-50(45(53)42(47)33(5)11-2)40(32(3)4)29-41(55-34(6)51)44-49-39(31-56-44)43(52)48-36(28-35-21-15-12-16-22-35)30-54-57(46(7,8)9,37-23-17-13-18-24-37)38-25-19-14-20-26-38;1-8-5-3-2-4-6(8)7(9)10/h13-21,24-29,37-39,42,45,47-48,50H,11-12,22-23,30-36H2,1-10H3,(H,55,61);12-26,31-33,36,40-42H,10-11,27-30,47H2,1-9H3,(H,48,52);6H,2-5H2,1H3,(H,9,10)/t39-,42-,45-,47+,48+,50+;33-,36-,40+,41+,42-;/m00./s1. The van der Waals surface area contributed by atoms with Gasteiger partial charge in [-0.1, -0.05) is 318 Å². The molecular weight excluding hydrogens is 1740 g/mol. The van der Waals surface area contributed by atoms with Crippen LogP contribution < -0.4 is 37.1 Å². The zero-order valence-electron chi connectivity index (χ0n) is 82.8. The summed E-state index contributed by atoms with van der Waals surface area (Å²) in [4.78, 5) is 124. The molecule has 12 atom stereocenters. The Kier molecular flexibility index (Phi) is 43.3. The largest absolute Gasteiger partial charge is 0.480 e. The molecule has 2 aliphatic rings. The second kappa shape index (κ2) is 52.8.